The number of nitro benzene ring substituents is 1. The molecule has 0 aromatic heterocycles. The van der Waals surface area contributed by atoms with Crippen LogP contribution in [0.2, 0.25) is 0 Å². The molecule has 0 saturated heterocycles. The van der Waals surface area contributed by atoms with E-state index in [0.717, 1.165) is 19.3 Å². The monoisotopic (exact) mass is 261 g/mol. The lowest BCUT2D eigenvalue weighted by molar-refractivity contribution is -0.384. The van der Waals surface area contributed by atoms with Gasteiger partial charge in [-0.1, -0.05) is 0 Å². The first kappa shape index (κ1) is 13.3. The Morgan fingerprint density at radius 3 is 2.79 bits per heavy atom. The molecular formula is C13H15N3O3. The normalized spacial score (nSPS) is 16.2. The van der Waals surface area contributed by atoms with Gasteiger partial charge in [-0.2, -0.15) is 5.26 Å². The van der Waals surface area contributed by atoms with Gasteiger partial charge in [-0.3, -0.25) is 10.1 Å². The van der Waals surface area contributed by atoms with E-state index in [1.54, 1.807) is 7.11 Å². The lowest BCUT2D eigenvalue weighted by atomic mass is 9.80. The van der Waals surface area contributed by atoms with Gasteiger partial charge in [0.15, 0.2) is 0 Å². The lowest BCUT2D eigenvalue weighted by Gasteiger charge is -2.40. The molecule has 0 aliphatic heterocycles. The highest BCUT2D eigenvalue weighted by Gasteiger charge is 2.37. The summed E-state index contributed by atoms with van der Waals surface area (Å²) in [6.07, 6.45) is 3.00. The summed E-state index contributed by atoms with van der Waals surface area (Å²) < 4.78 is 5.46. The maximum absolute atomic E-state index is 11.0. The van der Waals surface area contributed by atoms with Crippen LogP contribution in [0.1, 0.15) is 24.8 Å². The highest BCUT2D eigenvalue weighted by Crippen LogP contribution is 2.36. The van der Waals surface area contributed by atoms with Crippen LogP contribution in [0.4, 0.5) is 11.4 Å². The summed E-state index contributed by atoms with van der Waals surface area (Å²) in [5, 5.41) is 22.8. The maximum atomic E-state index is 11.0. The summed E-state index contributed by atoms with van der Waals surface area (Å²) in [4.78, 5) is 10.5. The van der Waals surface area contributed by atoms with E-state index in [1.165, 1.54) is 18.2 Å². The van der Waals surface area contributed by atoms with Gasteiger partial charge in [0, 0.05) is 19.7 Å². The van der Waals surface area contributed by atoms with Crippen LogP contribution >= 0.6 is 0 Å². The Hall–Kier alpha value is -2.13. The molecule has 0 bridgehead atoms. The van der Waals surface area contributed by atoms with E-state index in [9.17, 15) is 10.1 Å². The van der Waals surface area contributed by atoms with Crippen LogP contribution in [-0.2, 0) is 4.74 Å². The molecule has 1 fully saturated rings. The second-order valence-corrected chi connectivity index (χ2v) is 4.70. The second-order valence-electron chi connectivity index (χ2n) is 4.70. The van der Waals surface area contributed by atoms with Crippen molar-refractivity contribution in [1.29, 1.82) is 5.26 Å². The van der Waals surface area contributed by atoms with Gasteiger partial charge in [-0.05, 0) is 31.4 Å². The van der Waals surface area contributed by atoms with Gasteiger partial charge in [0.2, 0.25) is 0 Å². The zero-order chi connectivity index (χ0) is 13.9. The molecule has 0 heterocycles. The van der Waals surface area contributed by atoms with Gasteiger partial charge in [0.05, 0.1) is 22.2 Å². The maximum Gasteiger partial charge on any atom is 0.292 e. The van der Waals surface area contributed by atoms with Crippen molar-refractivity contribution in [3.8, 4) is 6.07 Å². The standard InChI is InChI=1S/C13H15N3O3/c1-19-13(5-2-6-13)9-15-11-7-10(8-14)3-4-12(11)16(17)18/h3-4,7,15H,2,5-6,9H2,1H3. The highest BCUT2D eigenvalue weighted by molar-refractivity contribution is 5.64. The van der Waals surface area contributed by atoms with Crippen LogP contribution in [0.5, 0.6) is 0 Å². The minimum Gasteiger partial charge on any atom is -0.377 e. The average molecular weight is 261 g/mol. The van der Waals surface area contributed by atoms with Gasteiger partial charge in [0.25, 0.3) is 5.69 Å². The van der Waals surface area contributed by atoms with E-state index in [1.807, 2.05) is 6.07 Å². The van der Waals surface area contributed by atoms with Crippen molar-refractivity contribution < 1.29 is 9.66 Å². The number of anilines is 1. The number of nitro groups is 1. The minimum absolute atomic E-state index is 0.0235. The Balaban J connectivity index is 2.18. The number of nitrogens with zero attached hydrogens (tertiary/aromatic N) is 2. The van der Waals surface area contributed by atoms with Crippen molar-refractivity contribution in [2.75, 3.05) is 19.0 Å². The number of benzene rings is 1. The van der Waals surface area contributed by atoms with Crippen LogP contribution < -0.4 is 5.32 Å². The first-order valence-corrected chi connectivity index (χ1v) is 6.08. The van der Waals surface area contributed by atoms with E-state index >= 15 is 0 Å². The molecule has 1 aromatic carbocycles. The molecule has 6 heteroatoms. The van der Waals surface area contributed by atoms with Crippen molar-refractivity contribution in [3.63, 3.8) is 0 Å². The van der Waals surface area contributed by atoms with Gasteiger partial charge in [0.1, 0.15) is 5.69 Å². The Bertz CT molecular complexity index is 527. The Morgan fingerprint density at radius 1 is 1.58 bits per heavy atom. The smallest absolute Gasteiger partial charge is 0.292 e. The molecule has 1 aromatic rings. The van der Waals surface area contributed by atoms with E-state index in [2.05, 4.69) is 5.32 Å². The second kappa shape index (κ2) is 5.24. The fourth-order valence-corrected chi connectivity index (χ4v) is 2.19. The SMILES string of the molecule is COC1(CNc2cc(C#N)ccc2[N+](=O)[O-])CCC1. The molecule has 0 amide bonds. The third kappa shape index (κ3) is 2.66. The van der Waals surface area contributed by atoms with Gasteiger partial charge < -0.3 is 10.1 Å². The number of rotatable bonds is 5. The summed E-state index contributed by atoms with van der Waals surface area (Å²) in [6.45, 7) is 0.513. The third-order valence-electron chi connectivity index (χ3n) is 3.62. The minimum atomic E-state index is -0.455. The molecule has 1 aliphatic rings. The number of hydrogen-bond acceptors (Lipinski definition) is 5. The highest BCUT2D eigenvalue weighted by atomic mass is 16.6. The molecule has 2 rings (SSSR count). The average Bonchev–Trinajstić information content (AvgIpc) is 2.37. The molecule has 0 spiro atoms. The fraction of sp³-hybridized carbons (Fsp3) is 0.462. The topological polar surface area (TPSA) is 88.2 Å². The van der Waals surface area contributed by atoms with E-state index in [4.69, 9.17) is 10.00 Å². The lowest BCUT2D eigenvalue weighted by Crippen LogP contribution is -2.45. The Morgan fingerprint density at radius 2 is 2.32 bits per heavy atom. The van der Waals surface area contributed by atoms with Crippen LogP contribution in [0.15, 0.2) is 18.2 Å². The first-order valence-electron chi connectivity index (χ1n) is 6.08. The van der Waals surface area contributed by atoms with Crippen LogP contribution in [0, 0.1) is 21.4 Å². The summed E-state index contributed by atoms with van der Waals surface area (Å²) in [7, 11) is 1.65. The van der Waals surface area contributed by atoms with E-state index in [0.29, 0.717) is 17.8 Å². The van der Waals surface area contributed by atoms with Gasteiger partial charge in [-0.15, -0.1) is 0 Å². The molecular weight excluding hydrogens is 246 g/mol. The summed E-state index contributed by atoms with van der Waals surface area (Å²) in [5.41, 5.74) is 0.515. The Kier molecular flexibility index (Phi) is 3.67. The third-order valence-corrected chi connectivity index (χ3v) is 3.62. The van der Waals surface area contributed by atoms with Gasteiger partial charge in [-0.25, -0.2) is 0 Å². The zero-order valence-electron chi connectivity index (χ0n) is 10.7. The molecule has 0 radical (unpaired) electrons. The van der Waals surface area contributed by atoms with Crippen molar-refractivity contribution >= 4 is 11.4 Å². The number of nitriles is 1. The largest absolute Gasteiger partial charge is 0.377 e. The zero-order valence-corrected chi connectivity index (χ0v) is 10.7. The quantitative estimate of drug-likeness (QED) is 0.649. The summed E-state index contributed by atoms with van der Waals surface area (Å²) >= 11 is 0. The number of hydrogen-bond donors (Lipinski definition) is 1. The predicted molar refractivity (Wildman–Crippen MR) is 69.9 cm³/mol. The molecule has 19 heavy (non-hydrogen) atoms. The molecule has 6 nitrogen and oxygen atoms in total. The van der Waals surface area contributed by atoms with E-state index in [-0.39, 0.29) is 11.3 Å². The van der Waals surface area contributed by atoms with Crippen molar-refractivity contribution in [2.24, 2.45) is 0 Å². The summed E-state index contributed by atoms with van der Waals surface area (Å²) in [5.74, 6) is 0. The van der Waals surface area contributed by atoms with E-state index < -0.39 is 4.92 Å². The molecule has 1 saturated carbocycles. The van der Waals surface area contributed by atoms with Gasteiger partial charge >= 0.3 is 0 Å². The number of nitrogens with one attached hydrogen (secondary N) is 1. The van der Waals surface area contributed by atoms with Crippen LogP contribution in [-0.4, -0.2) is 24.2 Å². The fourth-order valence-electron chi connectivity index (χ4n) is 2.19. The molecule has 0 unspecified atom stereocenters. The van der Waals surface area contributed by atoms with Crippen molar-refractivity contribution in [1.82, 2.24) is 0 Å². The summed E-state index contributed by atoms with van der Waals surface area (Å²) in [6, 6.07) is 6.27. The first-order chi connectivity index (χ1) is 9.10. The van der Waals surface area contributed by atoms with Crippen molar-refractivity contribution in [2.45, 2.75) is 24.9 Å². The number of ether oxygens (including phenoxy) is 1. The van der Waals surface area contributed by atoms with Crippen LogP contribution in [0.3, 0.4) is 0 Å². The predicted octanol–water partition coefficient (Wildman–Crippen LogP) is 2.45. The van der Waals surface area contributed by atoms with Crippen LogP contribution in [0.25, 0.3) is 0 Å². The molecule has 1 aliphatic carbocycles. The molecule has 0 atom stereocenters. The number of methoxy groups -OCH3 is 1. The molecule has 100 valence electrons. The molecule has 1 N–H and O–H groups in total. The van der Waals surface area contributed by atoms with Crippen molar-refractivity contribution in [3.05, 3.63) is 33.9 Å². The Labute approximate surface area is 111 Å².